The Morgan fingerprint density at radius 2 is 1.64 bits per heavy atom. The second kappa shape index (κ2) is 3.49. The first-order valence-electron chi connectivity index (χ1n) is 4.36. The van der Waals surface area contributed by atoms with Gasteiger partial charge in [-0.3, -0.25) is 4.98 Å². The summed E-state index contributed by atoms with van der Waals surface area (Å²) in [6, 6.07) is 5.66. The lowest BCUT2D eigenvalue weighted by Crippen LogP contribution is -1.99. The van der Waals surface area contributed by atoms with E-state index in [4.69, 9.17) is 0 Å². The van der Waals surface area contributed by atoms with Crippen molar-refractivity contribution >= 4 is 0 Å². The van der Waals surface area contributed by atoms with Crippen molar-refractivity contribution in [3.05, 3.63) is 36.0 Å². The van der Waals surface area contributed by atoms with Crippen LogP contribution in [0.3, 0.4) is 0 Å². The molecule has 0 aliphatic carbocycles. The van der Waals surface area contributed by atoms with Crippen LogP contribution in [0.25, 0.3) is 11.5 Å². The van der Waals surface area contributed by atoms with E-state index in [2.05, 4.69) is 19.9 Å². The fourth-order valence-electron chi connectivity index (χ4n) is 1.23. The van der Waals surface area contributed by atoms with Crippen LogP contribution in [0.4, 0.5) is 0 Å². The van der Waals surface area contributed by atoms with Gasteiger partial charge in [0.05, 0.1) is 0 Å². The number of rotatable bonds is 1. The van der Waals surface area contributed by atoms with Gasteiger partial charge in [-0.1, -0.05) is 6.07 Å². The average molecular weight is 186 g/mol. The van der Waals surface area contributed by atoms with Crippen molar-refractivity contribution in [3.63, 3.8) is 0 Å². The van der Waals surface area contributed by atoms with Crippen molar-refractivity contribution in [2.24, 2.45) is 0 Å². The van der Waals surface area contributed by atoms with E-state index in [1.165, 1.54) is 0 Å². The number of pyridine rings is 1. The molecule has 0 saturated carbocycles. The van der Waals surface area contributed by atoms with Crippen LogP contribution in [0.15, 0.2) is 24.4 Å². The molecule has 14 heavy (non-hydrogen) atoms. The lowest BCUT2D eigenvalue weighted by atomic mass is 10.3. The van der Waals surface area contributed by atoms with Gasteiger partial charge < -0.3 is 0 Å². The van der Waals surface area contributed by atoms with Gasteiger partial charge >= 0.3 is 0 Å². The highest BCUT2D eigenvalue weighted by Gasteiger charge is 2.03. The van der Waals surface area contributed by atoms with Crippen LogP contribution in [0.5, 0.6) is 0 Å². The molecule has 0 radical (unpaired) electrons. The summed E-state index contributed by atoms with van der Waals surface area (Å²) in [4.78, 5) is 16.7. The zero-order chi connectivity index (χ0) is 9.97. The Hall–Kier alpha value is -1.84. The summed E-state index contributed by atoms with van der Waals surface area (Å²) >= 11 is 0. The van der Waals surface area contributed by atoms with Crippen molar-refractivity contribution in [2.75, 3.05) is 0 Å². The number of hydrogen-bond donors (Lipinski definition) is 0. The molecule has 4 heteroatoms. The summed E-state index contributed by atoms with van der Waals surface area (Å²) in [6.45, 7) is 3.70. The zero-order valence-corrected chi connectivity index (χ0v) is 8.10. The van der Waals surface area contributed by atoms with E-state index < -0.39 is 0 Å². The van der Waals surface area contributed by atoms with E-state index >= 15 is 0 Å². The third kappa shape index (κ3) is 1.74. The highest BCUT2D eigenvalue weighted by atomic mass is 15.0. The normalized spacial score (nSPS) is 10.1. The Morgan fingerprint density at radius 3 is 2.21 bits per heavy atom. The molecule has 0 aliphatic rings. The molecule has 2 aromatic rings. The molecule has 0 aliphatic heterocycles. The second-order valence-corrected chi connectivity index (χ2v) is 2.97. The molecule has 0 bridgehead atoms. The first-order chi connectivity index (χ1) is 6.75. The topological polar surface area (TPSA) is 51.6 Å². The van der Waals surface area contributed by atoms with Gasteiger partial charge in [-0.15, -0.1) is 0 Å². The summed E-state index contributed by atoms with van der Waals surface area (Å²) in [6.07, 6.45) is 1.73. The Labute approximate surface area is 82.1 Å². The number of aryl methyl sites for hydroxylation is 2. The summed E-state index contributed by atoms with van der Waals surface area (Å²) < 4.78 is 0. The van der Waals surface area contributed by atoms with Crippen molar-refractivity contribution in [2.45, 2.75) is 13.8 Å². The van der Waals surface area contributed by atoms with Crippen molar-refractivity contribution in [1.29, 1.82) is 0 Å². The fraction of sp³-hybridized carbons (Fsp3) is 0.200. The quantitative estimate of drug-likeness (QED) is 0.678. The van der Waals surface area contributed by atoms with Gasteiger partial charge in [0.1, 0.15) is 17.3 Å². The van der Waals surface area contributed by atoms with Crippen molar-refractivity contribution in [3.8, 4) is 11.5 Å². The molecule has 0 spiro atoms. The van der Waals surface area contributed by atoms with E-state index in [-0.39, 0.29) is 0 Å². The van der Waals surface area contributed by atoms with Crippen LogP contribution in [-0.4, -0.2) is 19.9 Å². The molecule has 0 aromatic carbocycles. The average Bonchev–Trinajstić information content (AvgIpc) is 2.18. The number of nitrogens with zero attached hydrogens (tertiary/aromatic N) is 4. The van der Waals surface area contributed by atoms with Gasteiger partial charge in [-0.25, -0.2) is 15.0 Å². The van der Waals surface area contributed by atoms with Crippen LogP contribution in [0.2, 0.25) is 0 Å². The summed E-state index contributed by atoms with van der Waals surface area (Å²) in [5.74, 6) is 2.08. The van der Waals surface area contributed by atoms with E-state index in [1.54, 1.807) is 6.20 Å². The standard InChI is InChI=1S/C10H10N4/c1-7-12-8(2)14-10(13-7)9-5-3-4-6-11-9/h3-6H,1-2H3. The second-order valence-electron chi connectivity index (χ2n) is 2.97. The number of aromatic nitrogens is 4. The Morgan fingerprint density at radius 1 is 0.929 bits per heavy atom. The molecule has 0 fully saturated rings. The largest absolute Gasteiger partial charge is 0.253 e. The highest BCUT2D eigenvalue weighted by Crippen LogP contribution is 2.10. The minimum Gasteiger partial charge on any atom is -0.253 e. The first kappa shape index (κ1) is 8.74. The van der Waals surface area contributed by atoms with Gasteiger partial charge in [-0.2, -0.15) is 0 Å². The minimum atomic E-state index is 0.635. The molecular weight excluding hydrogens is 176 g/mol. The lowest BCUT2D eigenvalue weighted by molar-refractivity contribution is 0.923. The SMILES string of the molecule is Cc1nc(C)nc(-c2ccccn2)n1. The molecule has 0 unspecified atom stereocenters. The molecule has 70 valence electrons. The van der Waals surface area contributed by atoms with E-state index in [0.29, 0.717) is 5.82 Å². The maximum atomic E-state index is 4.22. The molecule has 2 aromatic heterocycles. The predicted octanol–water partition coefficient (Wildman–Crippen LogP) is 1.55. The minimum absolute atomic E-state index is 0.635. The highest BCUT2D eigenvalue weighted by molar-refractivity contribution is 5.47. The molecule has 0 saturated heterocycles. The molecule has 2 rings (SSSR count). The van der Waals surface area contributed by atoms with Crippen molar-refractivity contribution < 1.29 is 0 Å². The summed E-state index contributed by atoms with van der Waals surface area (Å²) in [7, 11) is 0. The predicted molar refractivity (Wildman–Crippen MR) is 52.5 cm³/mol. The molecule has 0 amide bonds. The molecule has 2 heterocycles. The Bertz CT molecular complexity index is 419. The maximum Gasteiger partial charge on any atom is 0.181 e. The Balaban J connectivity index is 2.52. The summed E-state index contributed by atoms with van der Waals surface area (Å²) in [5, 5.41) is 0. The third-order valence-electron chi connectivity index (χ3n) is 1.75. The van der Waals surface area contributed by atoms with Crippen LogP contribution in [0, 0.1) is 13.8 Å². The number of hydrogen-bond acceptors (Lipinski definition) is 4. The zero-order valence-electron chi connectivity index (χ0n) is 8.10. The smallest absolute Gasteiger partial charge is 0.181 e. The van der Waals surface area contributed by atoms with Gasteiger partial charge in [0.2, 0.25) is 0 Å². The van der Waals surface area contributed by atoms with Crippen LogP contribution >= 0.6 is 0 Å². The molecule has 0 N–H and O–H groups in total. The summed E-state index contributed by atoms with van der Waals surface area (Å²) in [5.41, 5.74) is 0.779. The fourth-order valence-corrected chi connectivity index (χ4v) is 1.23. The van der Waals surface area contributed by atoms with Gasteiger partial charge in [-0.05, 0) is 26.0 Å². The Kier molecular flexibility index (Phi) is 2.18. The van der Waals surface area contributed by atoms with Gasteiger partial charge in [0.15, 0.2) is 5.82 Å². The molecule has 4 nitrogen and oxygen atoms in total. The van der Waals surface area contributed by atoms with Crippen LogP contribution in [-0.2, 0) is 0 Å². The van der Waals surface area contributed by atoms with Crippen LogP contribution < -0.4 is 0 Å². The molecular formula is C10H10N4. The van der Waals surface area contributed by atoms with Gasteiger partial charge in [0, 0.05) is 6.20 Å². The maximum absolute atomic E-state index is 4.22. The van der Waals surface area contributed by atoms with Crippen molar-refractivity contribution in [1.82, 2.24) is 19.9 Å². The van der Waals surface area contributed by atoms with E-state index in [9.17, 15) is 0 Å². The third-order valence-corrected chi connectivity index (χ3v) is 1.75. The van der Waals surface area contributed by atoms with Crippen LogP contribution in [0.1, 0.15) is 11.6 Å². The first-order valence-corrected chi connectivity index (χ1v) is 4.36. The van der Waals surface area contributed by atoms with Gasteiger partial charge in [0.25, 0.3) is 0 Å². The van der Waals surface area contributed by atoms with E-state index in [1.807, 2.05) is 32.0 Å². The lowest BCUT2D eigenvalue weighted by Gasteiger charge is -2.00. The molecule has 0 atom stereocenters. The monoisotopic (exact) mass is 186 g/mol. The van der Waals surface area contributed by atoms with E-state index in [0.717, 1.165) is 17.3 Å².